The normalized spacial score (nSPS) is 12.4. The van der Waals surface area contributed by atoms with Crippen LogP contribution in [-0.4, -0.2) is 11.9 Å². The molecule has 0 fully saturated rings. The van der Waals surface area contributed by atoms with E-state index in [4.69, 9.17) is 0 Å². The summed E-state index contributed by atoms with van der Waals surface area (Å²) < 4.78 is 0. The van der Waals surface area contributed by atoms with Crippen LogP contribution < -0.4 is 5.32 Å². The van der Waals surface area contributed by atoms with Gasteiger partial charge in [-0.3, -0.25) is 4.79 Å². The van der Waals surface area contributed by atoms with Crippen LogP contribution in [0.15, 0.2) is 18.0 Å². The highest BCUT2D eigenvalue weighted by Crippen LogP contribution is 2.26. The van der Waals surface area contributed by atoms with Gasteiger partial charge in [0, 0.05) is 17.3 Å². The predicted octanol–water partition coefficient (Wildman–Crippen LogP) is 7.00. The van der Waals surface area contributed by atoms with E-state index in [9.17, 15) is 4.79 Å². The van der Waals surface area contributed by atoms with Crippen molar-refractivity contribution in [1.82, 2.24) is 5.32 Å². The fraction of sp³-hybridized carbons (Fsp3) is 0.609. The third kappa shape index (κ3) is 8.35. The van der Waals surface area contributed by atoms with Gasteiger partial charge in [-0.05, 0) is 48.8 Å². The molecule has 1 rings (SSSR count). The van der Waals surface area contributed by atoms with Crippen LogP contribution >= 0.6 is 11.3 Å². The van der Waals surface area contributed by atoms with Gasteiger partial charge in [-0.2, -0.15) is 0 Å². The molecule has 1 unspecified atom stereocenters. The number of thiophene rings is 1. The average molecular weight is 376 g/mol. The highest BCUT2D eigenvalue weighted by molar-refractivity contribution is 7.11. The number of nitrogens with one attached hydrogen (secondary N) is 1. The summed E-state index contributed by atoms with van der Waals surface area (Å²) in [6, 6.07) is 0.207. The lowest BCUT2D eigenvalue weighted by molar-refractivity contribution is -0.121. The number of unbranched alkanes of at least 4 members (excludes halogenated alkanes) is 6. The second-order valence-electron chi connectivity index (χ2n) is 6.99. The van der Waals surface area contributed by atoms with Crippen LogP contribution in [0.3, 0.4) is 0 Å². The smallest absolute Gasteiger partial charge is 0.220 e. The first kappa shape index (κ1) is 22.7. The molecule has 0 spiro atoms. The molecule has 1 aromatic heterocycles. The first-order chi connectivity index (χ1) is 12.7. The summed E-state index contributed by atoms with van der Waals surface area (Å²) in [7, 11) is 0. The molecule has 0 saturated carbocycles. The summed E-state index contributed by atoms with van der Waals surface area (Å²) in [6.07, 6.45) is 17.3. The van der Waals surface area contributed by atoms with Crippen molar-refractivity contribution >= 4 is 29.4 Å². The second-order valence-corrected chi connectivity index (χ2v) is 7.90. The Kier molecular flexibility index (Phi) is 12.0. The van der Waals surface area contributed by atoms with Crippen molar-refractivity contribution in [1.29, 1.82) is 0 Å². The monoisotopic (exact) mass is 375 g/mol. The average Bonchev–Trinajstić information content (AvgIpc) is 3.02. The molecule has 1 amide bonds. The van der Waals surface area contributed by atoms with E-state index in [-0.39, 0.29) is 11.9 Å². The molecule has 26 heavy (non-hydrogen) atoms. The van der Waals surface area contributed by atoms with Gasteiger partial charge in [-0.25, -0.2) is 0 Å². The maximum Gasteiger partial charge on any atom is 0.220 e. The van der Waals surface area contributed by atoms with Gasteiger partial charge in [0.15, 0.2) is 0 Å². The van der Waals surface area contributed by atoms with Crippen molar-refractivity contribution in [3.63, 3.8) is 0 Å². The Balaban J connectivity index is 2.40. The third-order valence-electron chi connectivity index (χ3n) is 4.79. The molecule has 0 aliphatic carbocycles. The Hall–Kier alpha value is -1.35. The molecule has 0 radical (unpaired) electrons. The molecule has 0 bridgehead atoms. The minimum absolute atomic E-state index is 0.203. The molecule has 146 valence electrons. The van der Waals surface area contributed by atoms with Crippen LogP contribution in [0.2, 0.25) is 0 Å². The van der Waals surface area contributed by atoms with Gasteiger partial charge in [-0.1, -0.05) is 71.1 Å². The lowest BCUT2D eigenvalue weighted by Crippen LogP contribution is -2.35. The van der Waals surface area contributed by atoms with Crippen LogP contribution in [0.5, 0.6) is 0 Å². The minimum Gasteiger partial charge on any atom is -0.353 e. The minimum atomic E-state index is 0.203. The molecular weight excluding hydrogens is 338 g/mol. The molecule has 1 atom stereocenters. The molecule has 0 aromatic carbocycles. The number of rotatable bonds is 14. The molecule has 1 heterocycles. The number of amides is 1. The van der Waals surface area contributed by atoms with E-state index in [2.05, 4.69) is 43.3 Å². The van der Waals surface area contributed by atoms with Crippen molar-refractivity contribution in [3.05, 3.63) is 34.0 Å². The van der Waals surface area contributed by atoms with Crippen molar-refractivity contribution in [2.75, 3.05) is 0 Å². The summed E-state index contributed by atoms with van der Waals surface area (Å²) in [5.74, 6) is 0.203. The van der Waals surface area contributed by atoms with Gasteiger partial charge in [-0.15, -0.1) is 11.3 Å². The summed E-state index contributed by atoms with van der Waals surface area (Å²) in [4.78, 5) is 13.5. The highest BCUT2D eigenvalue weighted by Gasteiger charge is 2.15. The van der Waals surface area contributed by atoms with Crippen LogP contribution in [0.4, 0.5) is 0 Å². The lowest BCUT2D eigenvalue weighted by Gasteiger charge is -2.17. The zero-order valence-corrected chi connectivity index (χ0v) is 17.8. The number of hydrogen-bond donors (Lipinski definition) is 1. The molecular formula is C23H37NOS. The number of carbonyl (C=O) groups excluding carboxylic acids is 1. The van der Waals surface area contributed by atoms with E-state index in [0.29, 0.717) is 6.42 Å². The van der Waals surface area contributed by atoms with E-state index in [1.165, 1.54) is 54.5 Å². The Labute approximate surface area is 164 Å². The van der Waals surface area contributed by atoms with Crippen LogP contribution in [0.1, 0.15) is 94.6 Å². The quantitative estimate of drug-likeness (QED) is 0.348. The summed E-state index contributed by atoms with van der Waals surface area (Å²) in [5, 5.41) is 5.44. The van der Waals surface area contributed by atoms with E-state index < -0.39 is 0 Å². The third-order valence-corrected chi connectivity index (χ3v) is 5.81. The van der Waals surface area contributed by atoms with Crippen molar-refractivity contribution in [2.24, 2.45) is 0 Å². The zero-order valence-electron chi connectivity index (χ0n) is 17.0. The van der Waals surface area contributed by atoms with Gasteiger partial charge in [0.05, 0.1) is 0 Å². The van der Waals surface area contributed by atoms with E-state index in [1.54, 1.807) is 11.3 Å². The van der Waals surface area contributed by atoms with E-state index in [0.717, 1.165) is 19.3 Å². The molecule has 3 heteroatoms. The molecule has 1 aromatic rings. The largest absolute Gasteiger partial charge is 0.353 e. The Bertz CT molecular complexity index is 559. The topological polar surface area (TPSA) is 29.1 Å². The molecule has 0 aliphatic heterocycles. The standard InChI is InChI=1S/C23H37NOS/c1-5-9-10-11-12-13-14-16-23(25)24-20(7-3)17-19-18-26-22(15-6-2)21(19)8-4/h6,8,15,18,20H,4-5,7,9-14,16-17H2,1-3H3,(H,24,25)/b15-6-. The molecule has 0 saturated heterocycles. The van der Waals surface area contributed by atoms with Crippen molar-refractivity contribution in [3.8, 4) is 0 Å². The number of hydrogen-bond acceptors (Lipinski definition) is 2. The van der Waals surface area contributed by atoms with Crippen molar-refractivity contribution in [2.45, 2.75) is 91.0 Å². The fourth-order valence-electron chi connectivity index (χ4n) is 3.20. The van der Waals surface area contributed by atoms with Crippen LogP contribution in [0, 0.1) is 0 Å². The summed E-state index contributed by atoms with van der Waals surface area (Å²) in [5.41, 5.74) is 2.51. The first-order valence-corrected chi connectivity index (χ1v) is 11.2. The zero-order chi connectivity index (χ0) is 19.2. The maximum absolute atomic E-state index is 12.3. The van der Waals surface area contributed by atoms with E-state index >= 15 is 0 Å². The number of allylic oxidation sites excluding steroid dienone is 1. The predicted molar refractivity (Wildman–Crippen MR) is 118 cm³/mol. The van der Waals surface area contributed by atoms with Gasteiger partial charge in [0.25, 0.3) is 0 Å². The van der Waals surface area contributed by atoms with E-state index in [1.807, 2.05) is 13.0 Å². The fourth-order valence-corrected chi connectivity index (χ4v) is 4.24. The summed E-state index contributed by atoms with van der Waals surface area (Å²) >= 11 is 1.75. The summed E-state index contributed by atoms with van der Waals surface area (Å²) in [6.45, 7) is 10.4. The maximum atomic E-state index is 12.3. The SMILES string of the molecule is C=Cc1c(CC(CC)NC(=O)CCCCCCCCC)csc1/C=C\C. The molecule has 0 aliphatic rings. The Morgan fingerprint density at radius 2 is 1.88 bits per heavy atom. The van der Waals surface area contributed by atoms with Crippen LogP contribution in [0.25, 0.3) is 12.2 Å². The van der Waals surface area contributed by atoms with Gasteiger partial charge < -0.3 is 5.32 Å². The highest BCUT2D eigenvalue weighted by atomic mass is 32.1. The van der Waals surface area contributed by atoms with Crippen molar-refractivity contribution < 1.29 is 4.79 Å². The van der Waals surface area contributed by atoms with Gasteiger partial charge in [0.2, 0.25) is 5.91 Å². The molecule has 1 N–H and O–H groups in total. The Morgan fingerprint density at radius 3 is 2.50 bits per heavy atom. The van der Waals surface area contributed by atoms with Gasteiger partial charge >= 0.3 is 0 Å². The van der Waals surface area contributed by atoms with Gasteiger partial charge in [0.1, 0.15) is 0 Å². The first-order valence-electron chi connectivity index (χ1n) is 10.3. The van der Waals surface area contributed by atoms with Crippen LogP contribution in [-0.2, 0) is 11.2 Å². The number of carbonyl (C=O) groups is 1. The Morgan fingerprint density at radius 1 is 1.19 bits per heavy atom. The second kappa shape index (κ2) is 13.8. The lowest BCUT2D eigenvalue weighted by atomic mass is 10.0. The molecule has 2 nitrogen and oxygen atoms in total.